The Morgan fingerprint density at radius 1 is 1.29 bits per heavy atom. The van der Waals surface area contributed by atoms with E-state index in [1.807, 2.05) is 0 Å². The SMILES string of the molecule is O=C(c1cccc(N2CCNC2=O)c1)N1CCOC(C(F)(F)F)C1. The first kappa shape index (κ1) is 16.6. The lowest BCUT2D eigenvalue weighted by Crippen LogP contribution is -2.51. The summed E-state index contributed by atoms with van der Waals surface area (Å²) in [5, 5.41) is 2.65. The quantitative estimate of drug-likeness (QED) is 0.888. The van der Waals surface area contributed by atoms with Crippen LogP contribution in [-0.2, 0) is 4.74 Å². The van der Waals surface area contributed by atoms with E-state index >= 15 is 0 Å². The molecule has 1 aromatic carbocycles. The maximum Gasteiger partial charge on any atom is 0.416 e. The Bertz CT molecular complexity index is 650. The van der Waals surface area contributed by atoms with Crippen molar-refractivity contribution in [3.63, 3.8) is 0 Å². The Labute approximate surface area is 136 Å². The number of urea groups is 1. The van der Waals surface area contributed by atoms with Crippen LogP contribution in [0.3, 0.4) is 0 Å². The largest absolute Gasteiger partial charge is 0.416 e. The van der Waals surface area contributed by atoms with Crippen LogP contribution < -0.4 is 10.2 Å². The molecular formula is C15H16F3N3O3. The van der Waals surface area contributed by atoms with E-state index in [4.69, 9.17) is 4.74 Å². The second-order valence-corrected chi connectivity index (χ2v) is 5.59. The van der Waals surface area contributed by atoms with Crippen LogP contribution in [0.15, 0.2) is 24.3 Å². The summed E-state index contributed by atoms with van der Waals surface area (Å²) in [4.78, 5) is 26.8. The monoisotopic (exact) mass is 343 g/mol. The molecule has 0 spiro atoms. The first-order valence-corrected chi connectivity index (χ1v) is 7.49. The van der Waals surface area contributed by atoms with Crippen LogP contribution >= 0.6 is 0 Å². The van der Waals surface area contributed by atoms with Crippen LogP contribution in [0.25, 0.3) is 0 Å². The summed E-state index contributed by atoms with van der Waals surface area (Å²) in [5.41, 5.74) is 0.784. The molecule has 24 heavy (non-hydrogen) atoms. The van der Waals surface area contributed by atoms with Gasteiger partial charge in [0.25, 0.3) is 5.91 Å². The number of carbonyl (C=O) groups excluding carboxylic acids is 2. The summed E-state index contributed by atoms with van der Waals surface area (Å²) in [6.07, 6.45) is -6.48. The van der Waals surface area contributed by atoms with E-state index in [2.05, 4.69) is 5.32 Å². The number of nitrogens with one attached hydrogen (secondary N) is 1. The third-order valence-electron chi connectivity index (χ3n) is 3.98. The van der Waals surface area contributed by atoms with Crippen molar-refractivity contribution < 1.29 is 27.5 Å². The highest BCUT2D eigenvalue weighted by molar-refractivity contribution is 5.98. The van der Waals surface area contributed by atoms with E-state index in [-0.39, 0.29) is 24.7 Å². The van der Waals surface area contributed by atoms with E-state index in [0.717, 1.165) is 4.90 Å². The third-order valence-corrected chi connectivity index (χ3v) is 3.98. The fourth-order valence-corrected chi connectivity index (χ4v) is 2.74. The van der Waals surface area contributed by atoms with Gasteiger partial charge >= 0.3 is 12.2 Å². The van der Waals surface area contributed by atoms with Gasteiger partial charge in [-0.25, -0.2) is 4.79 Å². The van der Waals surface area contributed by atoms with Gasteiger partial charge in [0.1, 0.15) is 0 Å². The van der Waals surface area contributed by atoms with E-state index in [0.29, 0.717) is 18.8 Å². The molecule has 3 rings (SSSR count). The molecule has 2 aliphatic heterocycles. The molecule has 130 valence electrons. The first-order chi connectivity index (χ1) is 11.4. The lowest BCUT2D eigenvalue weighted by molar-refractivity contribution is -0.233. The highest BCUT2D eigenvalue weighted by Crippen LogP contribution is 2.27. The maximum absolute atomic E-state index is 12.8. The molecule has 1 atom stereocenters. The van der Waals surface area contributed by atoms with Crippen molar-refractivity contribution in [2.45, 2.75) is 12.3 Å². The zero-order valence-electron chi connectivity index (χ0n) is 12.7. The van der Waals surface area contributed by atoms with Crippen LogP contribution in [0.5, 0.6) is 0 Å². The van der Waals surface area contributed by atoms with Crippen LogP contribution in [0.1, 0.15) is 10.4 Å². The van der Waals surface area contributed by atoms with E-state index in [1.165, 1.54) is 17.0 Å². The molecule has 0 aromatic heterocycles. The molecule has 2 aliphatic rings. The van der Waals surface area contributed by atoms with Crippen LogP contribution in [-0.4, -0.2) is 61.9 Å². The fourth-order valence-electron chi connectivity index (χ4n) is 2.74. The first-order valence-electron chi connectivity index (χ1n) is 7.49. The third kappa shape index (κ3) is 3.30. The number of hydrogen-bond acceptors (Lipinski definition) is 3. The molecule has 1 unspecified atom stereocenters. The molecule has 1 aromatic rings. The van der Waals surface area contributed by atoms with Crippen molar-refractivity contribution in [1.29, 1.82) is 0 Å². The minimum Gasteiger partial charge on any atom is -0.365 e. The lowest BCUT2D eigenvalue weighted by Gasteiger charge is -2.34. The minimum absolute atomic E-state index is 0.0971. The van der Waals surface area contributed by atoms with Gasteiger partial charge < -0.3 is 15.0 Å². The number of nitrogens with zero attached hydrogens (tertiary/aromatic N) is 2. The molecule has 0 bridgehead atoms. The zero-order valence-corrected chi connectivity index (χ0v) is 12.7. The molecule has 2 heterocycles. The molecule has 3 amide bonds. The standard InChI is InChI=1S/C15H16F3N3O3/c16-15(17,18)12-9-20(6-7-24-12)13(22)10-2-1-3-11(8-10)21-5-4-19-14(21)23/h1-3,8,12H,4-7,9H2,(H,19,23). The summed E-state index contributed by atoms with van der Waals surface area (Å²) in [6, 6.07) is 6.07. The predicted octanol–water partition coefficient (Wildman–Crippen LogP) is 1.62. The number of halogens is 3. The number of alkyl halides is 3. The normalized spacial score (nSPS) is 21.8. The lowest BCUT2D eigenvalue weighted by atomic mass is 10.1. The molecule has 6 nitrogen and oxygen atoms in total. The summed E-state index contributed by atoms with van der Waals surface area (Å²) in [6.45, 7) is 0.388. The van der Waals surface area contributed by atoms with Crippen molar-refractivity contribution in [2.24, 2.45) is 0 Å². The molecule has 2 saturated heterocycles. The summed E-state index contributed by atoms with van der Waals surface area (Å²) < 4.78 is 43.0. The molecule has 9 heteroatoms. The summed E-state index contributed by atoms with van der Waals surface area (Å²) in [7, 11) is 0. The summed E-state index contributed by atoms with van der Waals surface area (Å²) >= 11 is 0. The Morgan fingerprint density at radius 3 is 2.75 bits per heavy atom. The van der Waals surface area contributed by atoms with Crippen LogP contribution in [0.2, 0.25) is 0 Å². The number of carbonyl (C=O) groups is 2. The van der Waals surface area contributed by atoms with Crippen molar-refractivity contribution in [1.82, 2.24) is 10.2 Å². The van der Waals surface area contributed by atoms with Gasteiger partial charge in [0.05, 0.1) is 13.2 Å². The van der Waals surface area contributed by atoms with Gasteiger partial charge in [-0.1, -0.05) is 6.07 Å². The molecule has 0 saturated carbocycles. The number of anilines is 1. The van der Waals surface area contributed by atoms with E-state index < -0.39 is 24.7 Å². The number of amides is 3. The molecule has 0 aliphatic carbocycles. The highest BCUT2D eigenvalue weighted by atomic mass is 19.4. The molecule has 0 radical (unpaired) electrons. The highest BCUT2D eigenvalue weighted by Gasteiger charge is 2.44. The number of rotatable bonds is 2. The Balaban J connectivity index is 1.76. The van der Waals surface area contributed by atoms with Crippen LogP contribution in [0, 0.1) is 0 Å². The van der Waals surface area contributed by atoms with Crippen LogP contribution in [0.4, 0.5) is 23.7 Å². The fraction of sp³-hybridized carbons (Fsp3) is 0.467. The van der Waals surface area contributed by atoms with Gasteiger partial charge in [0, 0.05) is 30.9 Å². The van der Waals surface area contributed by atoms with Gasteiger partial charge in [-0.05, 0) is 18.2 Å². The topological polar surface area (TPSA) is 61.9 Å². The van der Waals surface area contributed by atoms with Crippen molar-refractivity contribution in [3.05, 3.63) is 29.8 Å². The van der Waals surface area contributed by atoms with Gasteiger partial charge in [0.15, 0.2) is 6.10 Å². The number of benzene rings is 1. The Morgan fingerprint density at radius 2 is 2.08 bits per heavy atom. The number of morpholine rings is 1. The second kappa shape index (κ2) is 6.31. The number of hydrogen-bond donors (Lipinski definition) is 1. The second-order valence-electron chi connectivity index (χ2n) is 5.59. The summed E-state index contributed by atoms with van der Waals surface area (Å²) in [5.74, 6) is -0.506. The van der Waals surface area contributed by atoms with Gasteiger partial charge in [0.2, 0.25) is 0 Å². The average Bonchev–Trinajstić information content (AvgIpc) is 3.00. The van der Waals surface area contributed by atoms with Crippen molar-refractivity contribution >= 4 is 17.6 Å². The van der Waals surface area contributed by atoms with E-state index in [1.54, 1.807) is 12.1 Å². The van der Waals surface area contributed by atoms with Crippen molar-refractivity contribution in [3.8, 4) is 0 Å². The van der Waals surface area contributed by atoms with Gasteiger partial charge in [-0.15, -0.1) is 0 Å². The average molecular weight is 343 g/mol. The molecule has 1 N–H and O–H groups in total. The zero-order chi connectivity index (χ0) is 17.3. The molecular weight excluding hydrogens is 327 g/mol. The Hall–Kier alpha value is -2.29. The smallest absolute Gasteiger partial charge is 0.365 e. The minimum atomic E-state index is -4.51. The molecule has 2 fully saturated rings. The number of ether oxygens (including phenoxy) is 1. The predicted molar refractivity (Wildman–Crippen MR) is 78.9 cm³/mol. The maximum atomic E-state index is 12.8. The Kier molecular flexibility index (Phi) is 4.35. The van der Waals surface area contributed by atoms with Gasteiger partial charge in [-0.2, -0.15) is 13.2 Å². The van der Waals surface area contributed by atoms with E-state index in [9.17, 15) is 22.8 Å². The van der Waals surface area contributed by atoms with Gasteiger partial charge in [-0.3, -0.25) is 9.69 Å². The van der Waals surface area contributed by atoms with Crippen molar-refractivity contribution in [2.75, 3.05) is 37.7 Å².